The van der Waals surface area contributed by atoms with Crippen LogP contribution in [0.4, 0.5) is 0 Å². The SMILES string of the molecule is COC1(CC#N)CCC1. The standard InChI is InChI=1S/C7H11NO/c1-9-7(5-6-8)3-2-4-7/h2-5H2,1H3. The molecule has 2 heteroatoms. The summed E-state index contributed by atoms with van der Waals surface area (Å²) in [6.45, 7) is 0. The first-order valence-corrected chi connectivity index (χ1v) is 3.25. The van der Waals surface area contributed by atoms with Crippen molar-refractivity contribution in [1.82, 2.24) is 0 Å². The Balaban J connectivity index is 2.39. The van der Waals surface area contributed by atoms with Gasteiger partial charge in [-0.15, -0.1) is 0 Å². The van der Waals surface area contributed by atoms with Crippen molar-refractivity contribution in [1.29, 1.82) is 5.26 Å². The van der Waals surface area contributed by atoms with E-state index in [4.69, 9.17) is 10.00 Å². The van der Waals surface area contributed by atoms with Gasteiger partial charge in [0.1, 0.15) is 0 Å². The zero-order valence-corrected chi connectivity index (χ0v) is 5.68. The van der Waals surface area contributed by atoms with Gasteiger partial charge in [0.2, 0.25) is 0 Å². The second kappa shape index (κ2) is 2.36. The van der Waals surface area contributed by atoms with Gasteiger partial charge in [0, 0.05) is 7.11 Å². The van der Waals surface area contributed by atoms with Crippen LogP contribution in [0.25, 0.3) is 0 Å². The molecule has 0 aliphatic heterocycles. The van der Waals surface area contributed by atoms with E-state index >= 15 is 0 Å². The number of rotatable bonds is 2. The first kappa shape index (κ1) is 6.57. The lowest BCUT2D eigenvalue weighted by molar-refractivity contribution is -0.0674. The molecule has 0 aromatic heterocycles. The van der Waals surface area contributed by atoms with Gasteiger partial charge < -0.3 is 4.74 Å². The van der Waals surface area contributed by atoms with E-state index in [-0.39, 0.29) is 5.60 Å². The molecule has 1 fully saturated rings. The molecule has 1 aliphatic carbocycles. The molecular weight excluding hydrogens is 114 g/mol. The third-order valence-corrected chi connectivity index (χ3v) is 2.10. The van der Waals surface area contributed by atoms with Gasteiger partial charge >= 0.3 is 0 Å². The minimum atomic E-state index is -0.0469. The van der Waals surface area contributed by atoms with Crippen LogP contribution < -0.4 is 0 Å². The van der Waals surface area contributed by atoms with Crippen LogP contribution in [0.5, 0.6) is 0 Å². The Morgan fingerprint density at radius 3 is 2.44 bits per heavy atom. The van der Waals surface area contributed by atoms with Crippen LogP contribution >= 0.6 is 0 Å². The van der Waals surface area contributed by atoms with E-state index in [1.807, 2.05) is 0 Å². The van der Waals surface area contributed by atoms with Crippen LogP contribution in [-0.2, 0) is 4.74 Å². The van der Waals surface area contributed by atoms with E-state index in [9.17, 15) is 0 Å². The van der Waals surface area contributed by atoms with Gasteiger partial charge in [0.15, 0.2) is 0 Å². The normalized spacial score (nSPS) is 22.2. The maximum atomic E-state index is 8.37. The monoisotopic (exact) mass is 125 g/mol. The molecule has 0 atom stereocenters. The fraction of sp³-hybridized carbons (Fsp3) is 0.857. The first-order valence-electron chi connectivity index (χ1n) is 3.25. The Hall–Kier alpha value is -0.550. The van der Waals surface area contributed by atoms with Crippen molar-refractivity contribution in [3.05, 3.63) is 0 Å². The largest absolute Gasteiger partial charge is 0.377 e. The van der Waals surface area contributed by atoms with Crippen LogP contribution in [0.2, 0.25) is 0 Å². The Morgan fingerprint density at radius 2 is 2.33 bits per heavy atom. The first-order chi connectivity index (χ1) is 4.33. The van der Waals surface area contributed by atoms with Crippen LogP contribution in [0.15, 0.2) is 0 Å². The number of nitriles is 1. The summed E-state index contributed by atoms with van der Waals surface area (Å²) in [5.41, 5.74) is -0.0469. The van der Waals surface area contributed by atoms with Crippen LogP contribution in [0.3, 0.4) is 0 Å². The molecular formula is C7H11NO. The van der Waals surface area contributed by atoms with Crippen LogP contribution in [0.1, 0.15) is 25.7 Å². The van der Waals surface area contributed by atoms with Crippen molar-refractivity contribution in [2.75, 3.05) is 7.11 Å². The molecule has 0 aromatic carbocycles. The summed E-state index contributed by atoms with van der Waals surface area (Å²) in [6, 6.07) is 2.14. The van der Waals surface area contributed by atoms with Gasteiger partial charge in [-0.3, -0.25) is 0 Å². The van der Waals surface area contributed by atoms with E-state index in [0.717, 1.165) is 12.8 Å². The Morgan fingerprint density at radius 1 is 1.67 bits per heavy atom. The highest BCUT2D eigenvalue weighted by Gasteiger charge is 2.36. The highest BCUT2D eigenvalue weighted by atomic mass is 16.5. The number of hydrogen-bond acceptors (Lipinski definition) is 2. The molecule has 9 heavy (non-hydrogen) atoms. The minimum absolute atomic E-state index is 0.0469. The zero-order chi connectivity index (χ0) is 6.74. The fourth-order valence-corrected chi connectivity index (χ4v) is 1.17. The number of methoxy groups -OCH3 is 1. The molecule has 1 saturated carbocycles. The minimum Gasteiger partial charge on any atom is -0.377 e. The maximum Gasteiger partial charge on any atom is 0.0808 e. The van der Waals surface area contributed by atoms with E-state index in [0.29, 0.717) is 6.42 Å². The van der Waals surface area contributed by atoms with Crippen molar-refractivity contribution < 1.29 is 4.74 Å². The van der Waals surface area contributed by atoms with E-state index in [1.165, 1.54) is 6.42 Å². The van der Waals surface area contributed by atoms with Gasteiger partial charge in [0.05, 0.1) is 18.1 Å². The molecule has 0 aromatic rings. The molecule has 1 rings (SSSR count). The smallest absolute Gasteiger partial charge is 0.0808 e. The van der Waals surface area contributed by atoms with Gasteiger partial charge in [-0.05, 0) is 19.3 Å². The second-order valence-corrected chi connectivity index (χ2v) is 2.58. The fourth-order valence-electron chi connectivity index (χ4n) is 1.17. The molecule has 0 bridgehead atoms. The van der Waals surface area contributed by atoms with Crippen molar-refractivity contribution >= 4 is 0 Å². The molecule has 50 valence electrons. The summed E-state index contributed by atoms with van der Waals surface area (Å²) in [4.78, 5) is 0. The summed E-state index contributed by atoms with van der Waals surface area (Å²) >= 11 is 0. The van der Waals surface area contributed by atoms with Crippen molar-refractivity contribution in [3.8, 4) is 6.07 Å². The van der Waals surface area contributed by atoms with Gasteiger partial charge in [-0.2, -0.15) is 5.26 Å². The summed E-state index contributed by atoms with van der Waals surface area (Å²) in [5.74, 6) is 0. The van der Waals surface area contributed by atoms with Crippen molar-refractivity contribution in [2.45, 2.75) is 31.3 Å². The summed E-state index contributed by atoms with van der Waals surface area (Å²) in [7, 11) is 1.69. The molecule has 0 spiro atoms. The molecule has 2 nitrogen and oxygen atoms in total. The third kappa shape index (κ3) is 1.06. The maximum absolute atomic E-state index is 8.37. The Kier molecular flexibility index (Phi) is 1.73. The lowest BCUT2D eigenvalue weighted by Gasteiger charge is -2.38. The molecule has 0 unspecified atom stereocenters. The van der Waals surface area contributed by atoms with E-state index in [1.54, 1.807) is 7.11 Å². The summed E-state index contributed by atoms with van der Waals surface area (Å²) in [5, 5.41) is 8.37. The predicted molar refractivity (Wildman–Crippen MR) is 33.8 cm³/mol. The quantitative estimate of drug-likeness (QED) is 0.559. The predicted octanol–water partition coefficient (Wildman–Crippen LogP) is 1.47. The lowest BCUT2D eigenvalue weighted by Crippen LogP contribution is -2.38. The van der Waals surface area contributed by atoms with Crippen molar-refractivity contribution in [2.24, 2.45) is 0 Å². The van der Waals surface area contributed by atoms with Crippen LogP contribution in [0, 0.1) is 11.3 Å². The highest BCUT2D eigenvalue weighted by Crippen LogP contribution is 2.37. The summed E-state index contributed by atoms with van der Waals surface area (Å²) < 4.78 is 5.19. The highest BCUT2D eigenvalue weighted by molar-refractivity contribution is 4.96. The number of nitrogens with zero attached hydrogens (tertiary/aromatic N) is 1. The van der Waals surface area contributed by atoms with E-state index in [2.05, 4.69) is 6.07 Å². The molecule has 1 aliphatic rings. The lowest BCUT2D eigenvalue weighted by atomic mass is 9.78. The number of hydrogen-bond donors (Lipinski definition) is 0. The molecule has 0 N–H and O–H groups in total. The van der Waals surface area contributed by atoms with Crippen molar-refractivity contribution in [3.63, 3.8) is 0 Å². The topological polar surface area (TPSA) is 33.0 Å². The number of ether oxygens (including phenoxy) is 1. The Bertz CT molecular complexity index is 127. The van der Waals surface area contributed by atoms with Crippen LogP contribution in [-0.4, -0.2) is 12.7 Å². The molecule has 0 radical (unpaired) electrons. The molecule has 0 amide bonds. The Labute approximate surface area is 55.4 Å². The summed E-state index contributed by atoms with van der Waals surface area (Å²) in [6.07, 6.45) is 3.91. The molecule has 0 heterocycles. The third-order valence-electron chi connectivity index (χ3n) is 2.10. The van der Waals surface area contributed by atoms with Gasteiger partial charge in [-0.1, -0.05) is 0 Å². The average molecular weight is 125 g/mol. The zero-order valence-electron chi connectivity index (χ0n) is 5.68. The van der Waals surface area contributed by atoms with E-state index < -0.39 is 0 Å². The average Bonchev–Trinajstić information content (AvgIpc) is 1.79. The second-order valence-electron chi connectivity index (χ2n) is 2.58. The van der Waals surface area contributed by atoms with Gasteiger partial charge in [-0.25, -0.2) is 0 Å². The molecule has 0 saturated heterocycles. The van der Waals surface area contributed by atoms with Gasteiger partial charge in [0.25, 0.3) is 0 Å².